The number of aromatic carboxylic acids is 1. The first kappa shape index (κ1) is 17.4. The Kier molecular flexibility index (Phi) is 6.54. The Balaban J connectivity index is 2.24. The smallest absolute Gasteiger partial charge is 0.397 e. The number of hydrogen-bond acceptors (Lipinski definition) is 3. The van der Waals surface area contributed by atoms with Crippen molar-refractivity contribution in [3.8, 4) is 0 Å². The summed E-state index contributed by atoms with van der Waals surface area (Å²) >= 11 is 0.517. The third-order valence-electron chi connectivity index (χ3n) is 2.44. The first-order chi connectivity index (χ1) is 9.78. The summed E-state index contributed by atoms with van der Waals surface area (Å²) in [5.74, 6) is -2.75. The normalized spacial score (nSPS) is 11.2. The Morgan fingerprint density at radius 2 is 1.81 bits per heavy atom. The fourth-order valence-corrected chi connectivity index (χ4v) is 2.09. The van der Waals surface area contributed by atoms with Crippen LogP contribution in [-0.4, -0.2) is 41.2 Å². The standard InChI is InChI=1S/C13H14F3NO3S/c14-13(15,16)8-21-7-11(18)17-6-5-9-1-3-10(4-2-9)12(19)20/h1-4H,5-8H2,(H,17,18)(H,19,20). The molecule has 1 amide bonds. The highest BCUT2D eigenvalue weighted by atomic mass is 32.2. The van der Waals surface area contributed by atoms with Crippen molar-refractivity contribution in [1.82, 2.24) is 5.32 Å². The maximum absolute atomic E-state index is 11.9. The van der Waals surface area contributed by atoms with E-state index in [1.165, 1.54) is 12.1 Å². The van der Waals surface area contributed by atoms with Gasteiger partial charge in [-0.15, -0.1) is 11.8 Å². The second kappa shape index (κ2) is 7.92. The van der Waals surface area contributed by atoms with E-state index in [-0.39, 0.29) is 17.9 Å². The summed E-state index contributed by atoms with van der Waals surface area (Å²) in [5.41, 5.74) is 1.01. The van der Waals surface area contributed by atoms with Gasteiger partial charge >= 0.3 is 12.1 Å². The lowest BCUT2D eigenvalue weighted by Crippen LogP contribution is -2.28. The van der Waals surface area contributed by atoms with Gasteiger partial charge in [-0.05, 0) is 24.1 Å². The van der Waals surface area contributed by atoms with Gasteiger partial charge in [-0.3, -0.25) is 4.79 Å². The molecule has 0 unspecified atom stereocenters. The number of hydrogen-bond donors (Lipinski definition) is 2. The van der Waals surface area contributed by atoms with Gasteiger partial charge in [-0.2, -0.15) is 13.2 Å². The number of carboxylic acids is 1. The number of carbonyl (C=O) groups excluding carboxylic acids is 1. The summed E-state index contributed by atoms with van der Waals surface area (Å²) in [6.07, 6.45) is -3.79. The third-order valence-corrected chi connectivity index (χ3v) is 3.43. The van der Waals surface area contributed by atoms with Crippen molar-refractivity contribution in [3.05, 3.63) is 35.4 Å². The summed E-state index contributed by atoms with van der Waals surface area (Å²) in [6, 6.07) is 6.18. The van der Waals surface area contributed by atoms with Crippen molar-refractivity contribution in [3.63, 3.8) is 0 Å². The molecule has 0 aliphatic heterocycles. The summed E-state index contributed by atoms with van der Waals surface area (Å²) in [4.78, 5) is 21.9. The van der Waals surface area contributed by atoms with E-state index in [1.54, 1.807) is 12.1 Å². The van der Waals surface area contributed by atoms with E-state index in [4.69, 9.17) is 5.11 Å². The molecule has 0 fully saturated rings. The average molecular weight is 321 g/mol. The molecule has 0 radical (unpaired) electrons. The molecule has 4 nitrogen and oxygen atoms in total. The number of alkyl halides is 3. The van der Waals surface area contributed by atoms with Gasteiger partial charge in [-0.25, -0.2) is 4.79 Å². The molecule has 0 bridgehead atoms. The zero-order valence-corrected chi connectivity index (χ0v) is 11.8. The summed E-state index contributed by atoms with van der Waals surface area (Å²) in [5, 5.41) is 11.2. The zero-order chi connectivity index (χ0) is 15.9. The Labute approximate surface area is 123 Å². The lowest BCUT2D eigenvalue weighted by atomic mass is 10.1. The van der Waals surface area contributed by atoms with Crippen LogP contribution in [-0.2, 0) is 11.2 Å². The maximum Gasteiger partial charge on any atom is 0.397 e. The van der Waals surface area contributed by atoms with Gasteiger partial charge in [0.2, 0.25) is 5.91 Å². The van der Waals surface area contributed by atoms with Crippen molar-refractivity contribution in [2.24, 2.45) is 0 Å². The van der Waals surface area contributed by atoms with Crippen molar-refractivity contribution in [2.75, 3.05) is 18.1 Å². The van der Waals surface area contributed by atoms with Gasteiger partial charge in [0.15, 0.2) is 0 Å². The summed E-state index contributed by atoms with van der Waals surface area (Å²) < 4.78 is 35.6. The van der Waals surface area contributed by atoms with E-state index in [0.717, 1.165) is 5.56 Å². The number of carbonyl (C=O) groups is 2. The van der Waals surface area contributed by atoms with Gasteiger partial charge < -0.3 is 10.4 Å². The molecule has 21 heavy (non-hydrogen) atoms. The molecular weight excluding hydrogens is 307 g/mol. The molecule has 0 atom stereocenters. The molecule has 0 spiro atoms. The molecule has 0 aromatic heterocycles. The molecule has 1 aromatic rings. The molecular formula is C13H14F3NO3S. The van der Waals surface area contributed by atoms with Crippen LogP contribution in [0.15, 0.2) is 24.3 Å². The van der Waals surface area contributed by atoms with Crippen LogP contribution >= 0.6 is 11.8 Å². The summed E-state index contributed by atoms with van der Waals surface area (Å²) in [6.45, 7) is 0.290. The van der Waals surface area contributed by atoms with Crippen molar-refractivity contribution in [2.45, 2.75) is 12.6 Å². The van der Waals surface area contributed by atoms with Crippen molar-refractivity contribution < 1.29 is 27.9 Å². The molecule has 116 valence electrons. The lowest BCUT2D eigenvalue weighted by Gasteiger charge is -2.07. The number of halogens is 3. The highest BCUT2D eigenvalue weighted by Gasteiger charge is 2.27. The first-order valence-corrected chi connectivity index (χ1v) is 7.17. The highest BCUT2D eigenvalue weighted by Crippen LogP contribution is 2.20. The van der Waals surface area contributed by atoms with Crippen molar-refractivity contribution in [1.29, 1.82) is 0 Å². The minimum absolute atomic E-state index is 0.173. The lowest BCUT2D eigenvalue weighted by molar-refractivity contribution is -0.118. The van der Waals surface area contributed by atoms with Crippen LogP contribution < -0.4 is 5.32 Å². The highest BCUT2D eigenvalue weighted by molar-refractivity contribution is 8.00. The molecule has 0 aliphatic rings. The molecule has 8 heteroatoms. The third kappa shape index (κ3) is 7.60. The van der Waals surface area contributed by atoms with Crippen LogP contribution in [0, 0.1) is 0 Å². The summed E-state index contributed by atoms with van der Waals surface area (Å²) in [7, 11) is 0. The van der Waals surface area contributed by atoms with Crippen molar-refractivity contribution >= 4 is 23.6 Å². The van der Waals surface area contributed by atoms with E-state index in [0.29, 0.717) is 18.2 Å². The Morgan fingerprint density at radius 3 is 2.33 bits per heavy atom. The number of nitrogens with one attached hydrogen (secondary N) is 1. The topological polar surface area (TPSA) is 66.4 Å². The molecule has 0 aliphatic carbocycles. The Hall–Kier alpha value is -1.70. The molecule has 0 saturated heterocycles. The molecule has 0 heterocycles. The van der Waals surface area contributed by atoms with Crippen LogP contribution in [0.2, 0.25) is 0 Å². The SMILES string of the molecule is O=C(CSCC(F)(F)F)NCCc1ccc(C(=O)O)cc1. The quantitative estimate of drug-likeness (QED) is 0.809. The van der Waals surface area contributed by atoms with Gasteiger partial charge in [0.05, 0.1) is 17.1 Å². The number of carboxylic acid groups (broad SMARTS) is 1. The van der Waals surface area contributed by atoms with Gasteiger partial charge in [-0.1, -0.05) is 12.1 Å². The first-order valence-electron chi connectivity index (χ1n) is 6.01. The molecule has 0 saturated carbocycles. The predicted molar refractivity (Wildman–Crippen MR) is 73.5 cm³/mol. The van der Waals surface area contributed by atoms with Crippen LogP contribution in [0.5, 0.6) is 0 Å². The Bertz CT molecular complexity index is 488. The largest absolute Gasteiger partial charge is 0.478 e. The number of benzene rings is 1. The van der Waals surface area contributed by atoms with Crippen LogP contribution in [0.1, 0.15) is 15.9 Å². The second-order valence-corrected chi connectivity index (χ2v) is 5.20. The molecule has 1 aromatic carbocycles. The molecule has 1 rings (SSSR count). The van der Waals surface area contributed by atoms with E-state index >= 15 is 0 Å². The van der Waals surface area contributed by atoms with E-state index in [9.17, 15) is 22.8 Å². The minimum atomic E-state index is -4.27. The molecule has 2 N–H and O–H groups in total. The average Bonchev–Trinajstić information content (AvgIpc) is 2.37. The maximum atomic E-state index is 11.9. The van der Waals surface area contributed by atoms with Crippen LogP contribution in [0.3, 0.4) is 0 Å². The fourth-order valence-electron chi connectivity index (χ4n) is 1.47. The van der Waals surface area contributed by atoms with E-state index in [2.05, 4.69) is 5.32 Å². The number of rotatable bonds is 7. The number of amides is 1. The van der Waals surface area contributed by atoms with Gasteiger partial charge in [0.25, 0.3) is 0 Å². The van der Waals surface area contributed by atoms with Crippen LogP contribution in [0.25, 0.3) is 0 Å². The monoisotopic (exact) mass is 321 g/mol. The van der Waals surface area contributed by atoms with E-state index in [1.807, 2.05) is 0 Å². The van der Waals surface area contributed by atoms with E-state index < -0.39 is 23.8 Å². The van der Waals surface area contributed by atoms with Gasteiger partial charge in [0, 0.05) is 6.54 Å². The zero-order valence-electron chi connectivity index (χ0n) is 10.9. The Morgan fingerprint density at radius 1 is 1.19 bits per heavy atom. The van der Waals surface area contributed by atoms with Gasteiger partial charge in [0.1, 0.15) is 0 Å². The van der Waals surface area contributed by atoms with Crippen LogP contribution in [0.4, 0.5) is 13.2 Å². The second-order valence-electron chi connectivity index (χ2n) is 4.21. The fraction of sp³-hybridized carbons (Fsp3) is 0.385. The number of thioether (sulfide) groups is 1. The predicted octanol–water partition coefficient (Wildman–Crippen LogP) is 2.34. The minimum Gasteiger partial charge on any atom is -0.478 e.